The highest BCUT2D eigenvalue weighted by molar-refractivity contribution is 14.1. The van der Waals surface area contributed by atoms with Crippen molar-refractivity contribution in [1.29, 1.82) is 0 Å². The SMILES string of the molecule is COc1cc(CNc2ccccc2C)cc(I)c1OCc1cccc(Cl)c1. The van der Waals surface area contributed by atoms with E-state index < -0.39 is 0 Å². The molecular weight excluding hydrogens is 473 g/mol. The first kappa shape index (κ1) is 19.8. The Labute approximate surface area is 178 Å². The molecule has 0 radical (unpaired) electrons. The Morgan fingerprint density at radius 1 is 1.00 bits per heavy atom. The van der Waals surface area contributed by atoms with Crippen molar-refractivity contribution < 1.29 is 9.47 Å². The Morgan fingerprint density at radius 2 is 1.81 bits per heavy atom. The van der Waals surface area contributed by atoms with E-state index >= 15 is 0 Å². The van der Waals surface area contributed by atoms with Crippen molar-refractivity contribution in [3.05, 3.63) is 85.9 Å². The fourth-order valence-electron chi connectivity index (χ4n) is 2.77. The van der Waals surface area contributed by atoms with Crippen LogP contribution in [0.2, 0.25) is 5.02 Å². The van der Waals surface area contributed by atoms with Crippen molar-refractivity contribution in [2.45, 2.75) is 20.1 Å². The highest BCUT2D eigenvalue weighted by atomic mass is 127. The average molecular weight is 494 g/mol. The van der Waals surface area contributed by atoms with Crippen LogP contribution in [0.1, 0.15) is 16.7 Å². The minimum Gasteiger partial charge on any atom is -0.493 e. The largest absolute Gasteiger partial charge is 0.493 e. The standard InChI is InChI=1S/C22H21ClINO2/c1-15-6-3-4-9-20(15)25-13-17-11-19(24)22(21(12-17)26-2)27-14-16-7-5-8-18(23)10-16/h3-12,25H,13-14H2,1-2H3. The lowest BCUT2D eigenvalue weighted by atomic mass is 10.1. The summed E-state index contributed by atoms with van der Waals surface area (Å²) in [6.07, 6.45) is 0. The van der Waals surface area contributed by atoms with E-state index in [1.165, 1.54) is 5.56 Å². The lowest BCUT2D eigenvalue weighted by Gasteiger charge is -2.16. The predicted octanol–water partition coefficient (Wildman–Crippen LogP) is 6.45. The van der Waals surface area contributed by atoms with Crippen LogP contribution in [0.3, 0.4) is 0 Å². The van der Waals surface area contributed by atoms with E-state index in [0.29, 0.717) is 18.2 Å². The van der Waals surface area contributed by atoms with E-state index in [-0.39, 0.29) is 0 Å². The van der Waals surface area contributed by atoms with E-state index in [2.05, 4.69) is 53.0 Å². The van der Waals surface area contributed by atoms with Gasteiger partial charge in [-0.1, -0.05) is 41.9 Å². The Bertz CT molecular complexity index is 930. The number of nitrogens with one attached hydrogen (secondary N) is 1. The molecule has 0 atom stereocenters. The topological polar surface area (TPSA) is 30.5 Å². The Balaban J connectivity index is 1.73. The molecule has 140 valence electrons. The molecule has 5 heteroatoms. The van der Waals surface area contributed by atoms with Crippen molar-refractivity contribution in [3.63, 3.8) is 0 Å². The van der Waals surface area contributed by atoms with Gasteiger partial charge in [0.15, 0.2) is 11.5 Å². The highest BCUT2D eigenvalue weighted by Crippen LogP contribution is 2.35. The van der Waals surface area contributed by atoms with Crippen LogP contribution in [0, 0.1) is 10.5 Å². The molecular formula is C22H21ClINO2. The van der Waals surface area contributed by atoms with Crippen LogP contribution < -0.4 is 14.8 Å². The molecule has 0 aliphatic rings. The van der Waals surface area contributed by atoms with Crippen molar-refractivity contribution in [2.75, 3.05) is 12.4 Å². The number of aryl methyl sites for hydroxylation is 1. The van der Waals surface area contributed by atoms with E-state index in [4.69, 9.17) is 21.1 Å². The number of halogens is 2. The summed E-state index contributed by atoms with van der Waals surface area (Å²) in [6.45, 7) is 3.25. The van der Waals surface area contributed by atoms with Crippen molar-refractivity contribution >= 4 is 39.9 Å². The summed E-state index contributed by atoms with van der Waals surface area (Å²) in [5, 5.41) is 4.18. The van der Waals surface area contributed by atoms with Gasteiger partial charge in [0.05, 0.1) is 10.7 Å². The van der Waals surface area contributed by atoms with Gasteiger partial charge >= 0.3 is 0 Å². The summed E-state index contributed by atoms with van der Waals surface area (Å²) in [5.41, 5.74) is 4.51. The van der Waals surface area contributed by atoms with Gasteiger partial charge in [-0.05, 0) is 76.5 Å². The lowest BCUT2D eigenvalue weighted by Crippen LogP contribution is -2.04. The van der Waals surface area contributed by atoms with Crippen molar-refractivity contribution in [1.82, 2.24) is 0 Å². The van der Waals surface area contributed by atoms with Gasteiger partial charge < -0.3 is 14.8 Å². The maximum absolute atomic E-state index is 6.04. The molecule has 0 bridgehead atoms. The maximum atomic E-state index is 6.04. The molecule has 3 nitrogen and oxygen atoms in total. The minimum absolute atomic E-state index is 0.438. The maximum Gasteiger partial charge on any atom is 0.174 e. The molecule has 0 aliphatic carbocycles. The number of hydrogen-bond donors (Lipinski definition) is 1. The number of benzene rings is 3. The van der Waals surface area contributed by atoms with Crippen molar-refractivity contribution in [3.8, 4) is 11.5 Å². The lowest BCUT2D eigenvalue weighted by molar-refractivity contribution is 0.282. The first-order valence-corrected chi connectivity index (χ1v) is 10.1. The molecule has 0 spiro atoms. The van der Waals surface area contributed by atoms with E-state index in [9.17, 15) is 0 Å². The zero-order valence-electron chi connectivity index (χ0n) is 15.3. The van der Waals surface area contributed by atoms with E-state index in [1.54, 1.807) is 7.11 Å². The number of anilines is 1. The summed E-state index contributed by atoms with van der Waals surface area (Å²) in [6, 6.07) is 20.1. The third-order valence-electron chi connectivity index (χ3n) is 4.19. The monoisotopic (exact) mass is 493 g/mol. The zero-order chi connectivity index (χ0) is 19.2. The average Bonchev–Trinajstić information content (AvgIpc) is 2.66. The molecule has 0 saturated carbocycles. The van der Waals surface area contributed by atoms with Crippen LogP contribution in [-0.2, 0) is 13.2 Å². The Morgan fingerprint density at radius 3 is 2.56 bits per heavy atom. The molecule has 3 aromatic rings. The third kappa shape index (κ3) is 5.30. The number of para-hydroxylation sites is 1. The van der Waals surface area contributed by atoms with Gasteiger partial charge in [0.25, 0.3) is 0 Å². The first-order valence-electron chi connectivity index (χ1n) is 8.60. The van der Waals surface area contributed by atoms with Gasteiger partial charge in [0, 0.05) is 17.3 Å². The van der Waals surface area contributed by atoms with Gasteiger partial charge in [-0.2, -0.15) is 0 Å². The molecule has 1 N–H and O–H groups in total. The molecule has 0 fully saturated rings. The third-order valence-corrected chi connectivity index (χ3v) is 5.23. The molecule has 0 amide bonds. The second kappa shape index (κ2) is 9.33. The summed E-state index contributed by atoms with van der Waals surface area (Å²) in [4.78, 5) is 0. The summed E-state index contributed by atoms with van der Waals surface area (Å²) in [5.74, 6) is 1.48. The van der Waals surface area contributed by atoms with Crippen molar-refractivity contribution in [2.24, 2.45) is 0 Å². The highest BCUT2D eigenvalue weighted by Gasteiger charge is 2.12. The predicted molar refractivity (Wildman–Crippen MR) is 120 cm³/mol. The van der Waals surface area contributed by atoms with Crippen LogP contribution in [0.15, 0.2) is 60.7 Å². The molecule has 0 heterocycles. The first-order chi connectivity index (χ1) is 13.1. The summed E-state index contributed by atoms with van der Waals surface area (Å²) in [7, 11) is 1.66. The number of rotatable bonds is 7. The van der Waals surface area contributed by atoms with Gasteiger partial charge in [-0.25, -0.2) is 0 Å². The molecule has 3 aromatic carbocycles. The Kier molecular flexibility index (Phi) is 6.85. The molecule has 27 heavy (non-hydrogen) atoms. The van der Waals surface area contributed by atoms with Gasteiger partial charge in [-0.15, -0.1) is 0 Å². The zero-order valence-corrected chi connectivity index (χ0v) is 18.2. The fraction of sp³-hybridized carbons (Fsp3) is 0.182. The molecule has 0 aliphatic heterocycles. The van der Waals surface area contributed by atoms with Crippen LogP contribution in [0.25, 0.3) is 0 Å². The van der Waals surface area contributed by atoms with Crippen LogP contribution >= 0.6 is 34.2 Å². The molecule has 3 rings (SSSR count). The fourth-order valence-corrected chi connectivity index (χ4v) is 3.80. The number of ether oxygens (including phenoxy) is 2. The minimum atomic E-state index is 0.438. The van der Waals surface area contributed by atoms with Crippen LogP contribution in [0.5, 0.6) is 11.5 Å². The summed E-state index contributed by atoms with van der Waals surface area (Å²) < 4.78 is 12.6. The van der Waals surface area contributed by atoms with Gasteiger partial charge in [0.2, 0.25) is 0 Å². The van der Waals surface area contributed by atoms with E-state index in [0.717, 1.165) is 31.9 Å². The molecule has 0 aromatic heterocycles. The summed E-state index contributed by atoms with van der Waals surface area (Å²) >= 11 is 8.33. The van der Waals surface area contributed by atoms with E-state index in [1.807, 2.05) is 42.5 Å². The number of methoxy groups -OCH3 is 1. The second-order valence-electron chi connectivity index (χ2n) is 6.20. The Hall–Kier alpha value is -1.92. The quantitative estimate of drug-likeness (QED) is 0.384. The van der Waals surface area contributed by atoms with Crippen LogP contribution in [-0.4, -0.2) is 7.11 Å². The van der Waals surface area contributed by atoms with Gasteiger partial charge in [0.1, 0.15) is 6.61 Å². The normalized spacial score (nSPS) is 10.5. The molecule has 0 unspecified atom stereocenters. The second-order valence-corrected chi connectivity index (χ2v) is 7.79. The smallest absolute Gasteiger partial charge is 0.174 e. The molecule has 0 saturated heterocycles. The van der Waals surface area contributed by atoms with Crippen LogP contribution in [0.4, 0.5) is 5.69 Å². The van der Waals surface area contributed by atoms with Gasteiger partial charge in [-0.3, -0.25) is 0 Å². The number of hydrogen-bond acceptors (Lipinski definition) is 3.